The Morgan fingerprint density at radius 2 is 1.63 bits per heavy atom. The van der Waals surface area contributed by atoms with Crippen LogP contribution in [0.3, 0.4) is 0 Å². The molecule has 150 valence electrons. The van der Waals surface area contributed by atoms with Gasteiger partial charge in [-0.15, -0.1) is 0 Å². The monoisotopic (exact) mass is 378 g/mol. The highest BCUT2D eigenvalue weighted by atomic mass is 16.5. The molecule has 1 aliphatic rings. The smallest absolute Gasteiger partial charge is 0.239 e. The predicted octanol–water partition coefficient (Wildman–Crippen LogP) is 0.0737. The fourth-order valence-electron chi connectivity index (χ4n) is 3.04. The molecule has 0 saturated carbocycles. The first-order chi connectivity index (χ1) is 13.0. The van der Waals surface area contributed by atoms with E-state index in [9.17, 15) is 9.59 Å². The van der Waals surface area contributed by atoms with Gasteiger partial charge in [0.15, 0.2) is 11.5 Å². The molecule has 0 unspecified atom stereocenters. The van der Waals surface area contributed by atoms with E-state index in [4.69, 9.17) is 9.47 Å². The number of hydrogen-bond acceptors (Lipinski definition) is 6. The second kappa shape index (κ2) is 10.7. The van der Waals surface area contributed by atoms with Gasteiger partial charge in [0.1, 0.15) is 0 Å². The Balaban J connectivity index is 1.74. The minimum absolute atomic E-state index is 0.0337. The van der Waals surface area contributed by atoms with Gasteiger partial charge in [0.05, 0.1) is 27.3 Å². The number of nitrogens with one attached hydrogen (secondary N) is 2. The van der Waals surface area contributed by atoms with Crippen molar-refractivity contribution in [1.82, 2.24) is 20.4 Å². The lowest BCUT2D eigenvalue weighted by Crippen LogP contribution is -2.49. The predicted molar refractivity (Wildman–Crippen MR) is 103 cm³/mol. The van der Waals surface area contributed by atoms with Gasteiger partial charge in [-0.1, -0.05) is 6.07 Å². The topological polar surface area (TPSA) is 83.1 Å². The highest BCUT2D eigenvalue weighted by Crippen LogP contribution is 2.28. The molecule has 1 heterocycles. The highest BCUT2D eigenvalue weighted by Gasteiger charge is 2.19. The zero-order chi connectivity index (χ0) is 19.6. The van der Waals surface area contributed by atoms with E-state index in [0.717, 1.165) is 44.2 Å². The van der Waals surface area contributed by atoms with E-state index in [-0.39, 0.29) is 18.4 Å². The number of methoxy groups -OCH3 is 2. The lowest BCUT2D eigenvalue weighted by atomic mass is 10.1. The van der Waals surface area contributed by atoms with Gasteiger partial charge < -0.3 is 20.1 Å². The summed E-state index contributed by atoms with van der Waals surface area (Å²) in [7, 11) is 3.26. The zero-order valence-corrected chi connectivity index (χ0v) is 16.4. The molecule has 2 N–H and O–H groups in total. The van der Waals surface area contributed by atoms with Crippen LogP contribution in [0.5, 0.6) is 11.5 Å². The number of ether oxygens (including phenoxy) is 2. The molecule has 0 spiro atoms. The number of amides is 2. The molecule has 0 aliphatic carbocycles. The molecule has 8 nitrogen and oxygen atoms in total. The first kappa shape index (κ1) is 21.0. The first-order valence-corrected chi connectivity index (χ1v) is 9.24. The van der Waals surface area contributed by atoms with Crippen LogP contribution in [-0.4, -0.2) is 81.6 Å². The molecule has 2 rings (SSSR count). The molecule has 0 aromatic heterocycles. The van der Waals surface area contributed by atoms with Crippen molar-refractivity contribution in [2.24, 2.45) is 0 Å². The summed E-state index contributed by atoms with van der Waals surface area (Å²) in [6.07, 6.45) is 0. The van der Waals surface area contributed by atoms with E-state index in [1.807, 2.05) is 25.1 Å². The lowest BCUT2D eigenvalue weighted by Gasteiger charge is -2.34. The average Bonchev–Trinajstić information content (AvgIpc) is 2.68. The average molecular weight is 378 g/mol. The van der Waals surface area contributed by atoms with E-state index >= 15 is 0 Å². The normalized spacial score (nSPS) is 15.2. The zero-order valence-electron chi connectivity index (χ0n) is 16.4. The van der Waals surface area contributed by atoms with Crippen LogP contribution in [0.4, 0.5) is 0 Å². The Morgan fingerprint density at radius 1 is 0.963 bits per heavy atom. The molecule has 0 atom stereocenters. The summed E-state index contributed by atoms with van der Waals surface area (Å²) in [5.41, 5.74) is 1.17. The number of hydrogen-bond donors (Lipinski definition) is 2. The molecule has 1 saturated heterocycles. The Labute approximate surface area is 160 Å². The van der Waals surface area contributed by atoms with Crippen molar-refractivity contribution in [1.29, 1.82) is 0 Å². The highest BCUT2D eigenvalue weighted by molar-refractivity contribution is 5.85. The molecular weight excluding hydrogens is 348 g/mol. The van der Waals surface area contributed by atoms with Crippen molar-refractivity contribution >= 4 is 11.8 Å². The van der Waals surface area contributed by atoms with Crippen LogP contribution in [-0.2, 0) is 16.1 Å². The summed E-state index contributed by atoms with van der Waals surface area (Å²) < 4.78 is 10.6. The van der Waals surface area contributed by atoms with Crippen LogP contribution in [0.15, 0.2) is 18.2 Å². The van der Waals surface area contributed by atoms with E-state index in [1.54, 1.807) is 14.2 Å². The van der Waals surface area contributed by atoms with Gasteiger partial charge >= 0.3 is 0 Å². The first-order valence-electron chi connectivity index (χ1n) is 9.24. The summed E-state index contributed by atoms with van der Waals surface area (Å²) in [5, 5.41) is 5.32. The van der Waals surface area contributed by atoms with Crippen LogP contribution < -0.4 is 20.1 Å². The van der Waals surface area contributed by atoms with E-state index in [0.29, 0.717) is 13.1 Å². The van der Waals surface area contributed by atoms with Gasteiger partial charge in [-0.3, -0.25) is 19.4 Å². The van der Waals surface area contributed by atoms with Gasteiger partial charge in [0.2, 0.25) is 11.8 Å². The SMILES string of the molecule is CCNC(=O)CNC(=O)CN1CCN(Cc2ccc(OC)c(OC)c2)CC1. The van der Waals surface area contributed by atoms with Crippen molar-refractivity contribution < 1.29 is 19.1 Å². The van der Waals surface area contributed by atoms with Crippen molar-refractivity contribution in [2.75, 3.05) is 60.0 Å². The summed E-state index contributed by atoms with van der Waals surface area (Å²) in [6, 6.07) is 5.96. The Hall–Kier alpha value is -2.32. The number of benzene rings is 1. The van der Waals surface area contributed by atoms with Crippen LogP contribution in [0.1, 0.15) is 12.5 Å². The minimum Gasteiger partial charge on any atom is -0.493 e. The van der Waals surface area contributed by atoms with Gasteiger partial charge in [-0.25, -0.2) is 0 Å². The van der Waals surface area contributed by atoms with Crippen LogP contribution in [0.25, 0.3) is 0 Å². The maximum Gasteiger partial charge on any atom is 0.239 e. The number of carbonyl (C=O) groups excluding carboxylic acids is 2. The number of carbonyl (C=O) groups is 2. The minimum atomic E-state index is -0.161. The van der Waals surface area contributed by atoms with Gasteiger partial charge in [0.25, 0.3) is 0 Å². The molecule has 27 heavy (non-hydrogen) atoms. The molecule has 1 aromatic carbocycles. The third kappa shape index (κ3) is 6.73. The van der Waals surface area contributed by atoms with Gasteiger partial charge in [-0.05, 0) is 24.6 Å². The summed E-state index contributed by atoms with van der Waals surface area (Å²) in [6.45, 7) is 7.02. The fourth-order valence-corrected chi connectivity index (χ4v) is 3.04. The van der Waals surface area contributed by atoms with Crippen LogP contribution in [0, 0.1) is 0 Å². The maximum absolute atomic E-state index is 12.0. The maximum atomic E-state index is 12.0. The third-order valence-corrected chi connectivity index (χ3v) is 4.51. The Kier molecular flexibility index (Phi) is 8.35. The Bertz CT molecular complexity index is 630. The Morgan fingerprint density at radius 3 is 2.26 bits per heavy atom. The third-order valence-electron chi connectivity index (χ3n) is 4.51. The van der Waals surface area contributed by atoms with Gasteiger partial charge in [0, 0.05) is 39.3 Å². The molecule has 1 fully saturated rings. The summed E-state index contributed by atoms with van der Waals surface area (Å²) in [4.78, 5) is 27.8. The molecule has 0 radical (unpaired) electrons. The number of piperazine rings is 1. The van der Waals surface area contributed by atoms with Crippen molar-refractivity contribution in [3.63, 3.8) is 0 Å². The van der Waals surface area contributed by atoms with Crippen LogP contribution >= 0.6 is 0 Å². The molecule has 8 heteroatoms. The fraction of sp³-hybridized carbons (Fsp3) is 0.579. The second-order valence-corrected chi connectivity index (χ2v) is 6.47. The largest absolute Gasteiger partial charge is 0.493 e. The van der Waals surface area contributed by atoms with Crippen molar-refractivity contribution in [3.8, 4) is 11.5 Å². The molecule has 1 aliphatic heterocycles. The van der Waals surface area contributed by atoms with E-state index in [1.165, 1.54) is 5.56 Å². The number of likely N-dealkylation sites (N-methyl/N-ethyl adjacent to an activating group) is 1. The molecular formula is C19H30N4O4. The van der Waals surface area contributed by atoms with Crippen LogP contribution in [0.2, 0.25) is 0 Å². The quantitative estimate of drug-likeness (QED) is 0.633. The standard InChI is InChI=1S/C19H30N4O4/c1-4-20-18(24)12-21-19(25)14-23-9-7-22(8-10-23)13-15-5-6-16(26-2)17(11-15)27-3/h5-6,11H,4,7-10,12-14H2,1-3H3,(H,20,24)(H,21,25). The second-order valence-electron chi connectivity index (χ2n) is 6.47. The summed E-state index contributed by atoms with van der Waals surface area (Å²) >= 11 is 0. The van der Waals surface area contributed by atoms with E-state index in [2.05, 4.69) is 20.4 Å². The summed E-state index contributed by atoms with van der Waals surface area (Å²) in [5.74, 6) is 1.18. The number of nitrogens with zero attached hydrogens (tertiary/aromatic N) is 2. The number of rotatable bonds is 9. The molecule has 2 amide bonds. The molecule has 1 aromatic rings. The molecule has 0 bridgehead atoms. The van der Waals surface area contributed by atoms with Gasteiger partial charge in [-0.2, -0.15) is 0 Å². The van der Waals surface area contributed by atoms with Crippen molar-refractivity contribution in [3.05, 3.63) is 23.8 Å². The van der Waals surface area contributed by atoms with E-state index < -0.39 is 0 Å². The lowest BCUT2D eigenvalue weighted by molar-refractivity contribution is -0.127. The van der Waals surface area contributed by atoms with Crippen molar-refractivity contribution in [2.45, 2.75) is 13.5 Å².